The average Bonchev–Trinajstić information content (AvgIpc) is 2.68. The maximum Gasteiger partial charge on any atom is 0.321 e. The number of nitrogens with one attached hydrogen (secondary N) is 1. The van der Waals surface area contributed by atoms with E-state index in [-0.39, 0.29) is 18.6 Å². The Labute approximate surface area is 159 Å². The number of aryl methyl sites for hydroxylation is 1. The van der Waals surface area contributed by atoms with Crippen molar-refractivity contribution in [1.29, 1.82) is 0 Å². The van der Waals surface area contributed by atoms with E-state index < -0.39 is 0 Å². The maximum atomic E-state index is 12.6. The van der Waals surface area contributed by atoms with E-state index in [9.17, 15) is 9.90 Å². The number of anilines is 1. The average molecular weight is 371 g/mol. The summed E-state index contributed by atoms with van der Waals surface area (Å²) in [4.78, 5) is 15.5. The number of para-hydroxylation sites is 1. The molecule has 1 aliphatic rings. The molecule has 1 fully saturated rings. The van der Waals surface area contributed by atoms with Crippen LogP contribution in [0.2, 0.25) is 0 Å². The van der Waals surface area contributed by atoms with Gasteiger partial charge in [0, 0.05) is 30.3 Å². The zero-order valence-corrected chi connectivity index (χ0v) is 16.0. The van der Waals surface area contributed by atoms with E-state index in [4.69, 9.17) is 0 Å². The molecule has 2 aromatic rings. The molecule has 3 rings (SSSR count). The largest absolute Gasteiger partial charge is 0.396 e. The molecule has 0 radical (unpaired) electrons. The standard InChI is InChI=1S/C21H26N2O2S/c1-16-8-10-17(11-9-16)15-26-20-7-3-2-6-19(20)22-21(25)23-12-4-5-18(13-23)14-24/h2-3,6-11,18,24H,4-5,12-15H2,1H3,(H,22,25)/t18-/m1/s1. The molecule has 2 N–H and O–H groups in total. The van der Waals surface area contributed by atoms with Gasteiger partial charge in [-0.2, -0.15) is 0 Å². The molecule has 2 amide bonds. The summed E-state index contributed by atoms with van der Waals surface area (Å²) in [6.45, 7) is 3.61. The molecule has 1 saturated heterocycles. The van der Waals surface area contributed by atoms with Gasteiger partial charge in [0.05, 0.1) is 5.69 Å². The van der Waals surface area contributed by atoms with Gasteiger partial charge in [0.1, 0.15) is 0 Å². The van der Waals surface area contributed by atoms with Crippen LogP contribution in [0.1, 0.15) is 24.0 Å². The van der Waals surface area contributed by atoms with Crippen molar-refractivity contribution in [2.45, 2.75) is 30.4 Å². The Bertz CT molecular complexity index is 733. The third kappa shape index (κ3) is 5.02. The molecule has 0 spiro atoms. The number of aliphatic hydroxyl groups is 1. The maximum absolute atomic E-state index is 12.6. The fraction of sp³-hybridized carbons (Fsp3) is 0.381. The number of likely N-dealkylation sites (tertiary alicyclic amines) is 1. The lowest BCUT2D eigenvalue weighted by Gasteiger charge is -2.32. The SMILES string of the molecule is Cc1ccc(CSc2ccccc2NC(=O)N2CCC[C@@H](CO)C2)cc1. The number of thioether (sulfide) groups is 1. The van der Waals surface area contributed by atoms with Gasteiger partial charge in [0.15, 0.2) is 0 Å². The fourth-order valence-electron chi connectivity index (χ4n) is 3.13. The van der Waals surface area contributed by atoms with Crippen LogP contribution in [0.3, 0.4) is 0 Å². The number of amides is 2. The Balaban J connectivity index is 1.63. The molecule has 1 heterocycles. The second kappa shape index (κ2) is 9.10. The highest BCUT2D eigenvalue weighted by atomic mass is 32.2. The van der Waals surface area contributed by atoms with Crippen molar-refractivity contribution in [3.8, 4) is 0 Å². The van der Waals surface area contributed by atoms with Crippen LogP contribution in [0, 0.1) is 12.8 Å². The van der Waals surface area contributed by atoms with Gasteiger partial charge >= 0.3 is 6.03 Å². The quantitative estimate of drug-likeness (QED) is 0.761. The van der Waals surface area contributed by atoms with Crippen LogP contribution in [0.15, 0.2) is 53.4 Å². The van der Waals surface area contributed by atoms with E-state index >= 15 is 0 Å². The minimum atomic E-state index is -0.0773. The molecular weight excluding hydrogens is 344 g/mol. The summed E-state index contributed by atoms with van der Waals surface area (Å²) in [6.07, 6.45) is 1.94. The number of aliphatic hydroxyl groups excluding tert-OH is 1. The number of urea groups is 1. The summed E-state index contributed by atoms with van der Waals surface area (Å²) in [5, 5.41) is 12.4. The third-order valence-electron chi connectivity index (χ3n) is 4.71. The van der Waals surface area contributed by atoms with Gasteiger partial charge in [-0.3, -0.25) is 0 Å². The Hall–Kier alpha value is -1.98. The molecule has 0 aromatic heterocycles. The van der Waals surface area contributed by atoms with E-state index in [1.165, 1.54) is 11.1 Å². The Morgan fingerprint density at radius 2 is 2.00 bits per heavy atom. The van der Waals surface area contributed by atoms with Gasteiger partial charge in [0.2, 0.25) is 0 Å². The second-order valence-electron chi connectivity index (χ2n) is 6.84. The number of hydrogen-bond acceptors (Lipinski definition) is 3. The Kier molecular flexibility index (Phi) is 6.58. The van der Waals surface area contributed by atoms with Crippen molar-refractivity contribution in [1.82, 2.24) is 4.90 Å². The molecule has 0 aliphatic carbocycles. The molecule has 2 aromatic carbocycles. The van der Waals surface area contributed by atoms with Crippen LogP contribution < -0.4 is 5.32 Å². The lowest BCUT2D eigenvalue weighted by Crippen LogP contribution is -2.43. The number of rotatable bonds is 5. The first-order chi connectivity index (χ1) is 12.7. The fourth-order valence-corrected chi connectivity index (χ4v) is 4.10. The Morgan fingerprint density at radius 3 is 2.77 bits per heavy atom. The summed E-state index contributed by atoms with van der Waals surface area (Å²) in [5.41, 5.74) is 3.37. The molecule has 0 unspecified atom stereocenters. The van der Waals surface area contributed by atoms with Crippen LogP contribution in [0.4, 0.5) is 10.5 Å². The van der Waals surface area contributed by atoms with Crippen molar-refractivity contribution in [3.05, 3.63) is 59.7 Å². The minimum absolute atomic E-state index is 0.0773. The number of benzene rings is 2. The van der Waals surface area contributed by atoms with E-state index in [1.54, 1.807) is 11.8 Å². The summed E-state index contributed by atoms with van der Waals surface area (Å²) >= 11 is 1.73. The summed E-state index contributed by atoms with van der Waals surface area (Å²) < 4.78 is 0. The lowest BCUT2D eigenvalue weighted by atomic mass is 9.99. The van der Waals surface area contributed by atoms with E-state index in [1.807, 2.05) is 29.2 Å². The first-order valence-electron chi connectivity index (χ1n) is 9.10. The minimum Gasteiger partial charge on any atom is -0.396 e. The highest BCUT2D eigenvalue weighted by Crippen LogP contribution is 2.30. The molecule has 1 atom stereocenters. The van der Waals surface area contributed by atoms with Crippen LogP contribution in [-0.4, -0.2) is 35.7 Å². The van der Waals surface area contributed by atoms with Gasteiger partial charge in [0.25, 0.3) is 0 Å². The lowest BCUT2D eigenvalue weighted by molar-refractivity contribution is 0.136. The first-order valence-corrected chi connectivity index (χ1v) is 10.1. The number of nitrogens with zero attached hydrogens (tertiary/aromatic N) is 1. The van der Waals surface area contributed by atoms with Crippen molar-refractivity contribution >= 4 is 23.5 Å². The molecule has 26 heavy (non-hydrogen) atoms. The van der Waals surface area contributed by atoms with Crippen LogP contribution in [0.5, 0.6) is 0 Å². The highest BCUT2D eigenvalue weighted by Gasteiger charge is 2.23. The molecule has 0 bridgehead atoms. The van der Waals surface area contributed by atoms with E-state index in [0.29, 0.717) is 6.54 Å². The van der Waals surface area contributed by atoms with E-state index in [2.05, 4.69) is 36.5 Å². The number of carbonyl (C=O) groups is 1. The van der Waals surface area contributed by atoms with Crippen molar-refractivity contribution in [2.24, 2.45) is 5.92 Å². The summed E-state index contributed by atoms with van der Waals surface area (Å²) in [6, 6.07) is 16.4. The first kappa shape index (κ1) is 18.8. The predicted octanol–water partition coefficient (Wildman–Crippen LogP) is 4.52. The van der Waals surface area contributed by atoms with Gasteiger partial charge < -0.3 is 15.3 Å². The molecule has 1 aliphatic heterocycles. The van der Waals surface area contributed by atoms with Crippen molar-refractivity contribution in [2.75, 3.05) is 25.0 Å². The van der Waals surface area contributed by atoms with Crippen molar-refractivity contribution in [3.63, 3.8) is 0 Å². The third-order valence-corrected chi connectivity index (χ3v) is 5.85. The van der Waals surface area contributed by atoms with Gasteiger partial charge in [-0.05, 0) is 43.4 Å². The number of hydrogen-bond donors (Lipinski definition) is 2. The van der Waals surface area contributed by atoms with Crippen LogP contribution in [-0.2, 0) is 5.75 Å². The number of carbonyl (C=O) groups excluding carboxylic acids is 1. The molecule has 0 saturated carbocycles. The van der Waals surface area contributed by atoms with Gasteiger partial charge in [-0.25, -0.2) is 4.79 Å². The number of piperidine rings is 1. The van der Waals surface area contributed by atoms with Crippen LogP contribution in [0.25, 0.3) is 0 Å². The zero-order chi connectivity index (χ0) is 18.4. The zero-order valence-electron chi connectivity index (χ0n) is 15.1. The summed E-state index contributed by atoms with van der Waals surface area (Å²) in [5.74, 6) is 1.06. The normalized spacial score (nSPS) is 17.2. The molecule has 138 valence electrons. The van der Waals surface area contributed by atoms with E-state index in [0.717, 1.165) is 35.7 Å². The van der Waals surface area contributed by atoms with Gasteiger partial charge in [-0.1, -0.05) is 42.0 Å². The molecular formula is C21H26N2O2S. The molecule has 5 heteroatoms. The molecule has 4 nitrogen and oxygen atoms in total. The smallest absolute Gasteiger partial charge is 0.321 e. The Morgan fingerprint density at radius 1 is 1.23 bits per heavy atom. The van der Waals surface area contributed by atoms with Crippen LogP contribution >= 0.6 is 11.8 Å². The highest BCUT2D eigenvalue weighted by molar-refractivity contribution is 7.98. The second-order valence-corrected chi connectivity index (χ2v) is 7.85. The van der Waals surface area contributed by atoms with Crippen molar-refractivity contribution < 1.29 is 9.90 Å². The topological polar surface area (TPSA) is 52.6 Å². The monoisotopic (exact) mass is 370 g/mol. The predicted molar refractivity (Wildman–Crippen MR) is 108 cm³/mol. The van der Waals surface area contributed by atoms with Gasteiger partial charge in [-0.15, -0.1) is 11.8 Å². The summed E-state index contributed by atoms with van der Waals surface area (Å²) in [7, 11) is 0.